The number of methoxy groups -OCH3 is 1. The van der Waals surface area contributed by atoms with Crippen LogP contribution in [0.3, 0.4) is 0 Å². The van der Waals surface area contributed by atoms with E-state index in [-0.39, 0.29) is 11.9 Å². The molecule has 7 nitrogen and oxygen atoms in total. The number of hydrogen-bond donors (Lipinski definition) is 0. The fraction of sp³-hybridized carbons (Fsp3) is 0.600. The molecule has 1 aliphatic heterocycles. The number of hydrogen-bond acceptors (Lipinski definition) is 6. The van der Waals surface area contributed by atoms with Crippen molar-refractivity contribution in [3.05, 3.63) is 21.8 Å². The van der Waals surface area contributed by atoms with Gasteiger partial charge in [-0.3, -0.25) is 4.79 Å². The molecule has 3 heterocycles. The second-order valence-electron chi connectivity index (χ2n) is 5.69. The Morgan fingerprint density at radius 1 is 1.48 bits per heavy atom. The van der Waals surface area contributed by atoms with Crippen LogP contribution in [0.25, 0.3) is 0 Å². The molecule has 0 radical (unpaired) electrons. The molecule has 0 aromatic carbocycles. The first kappa shape index (κ1) is 15.9. The highest BCUT2D eigenvalue weighted by molar-refractivity contribution is 7.08. The van der Waals surface area contributed by atoms with Crippen molar-refractivity contribution in [1.82, 2.24) is 24.3 Å². The molecule has 0 spiro atoms. The van der Waals surface area contributed by atoms with Gasteiger partial charge in [0, 0.05) is 13.6 Å². The summed E-state index contributed by atoms with van der Waals surface area (Å²) in [5, 5.41) is 8.51. The number of ether oxygens (including phenoxy) is 1. The maximum atomic E-state index is 13.0. The number of nitrogens with zero attached hydrogens (tertiary/aromatic N) is 5. The van der Waals surface area contributed by atoms with Gasteiger partial charge in [0.15, 0.2) is 0 Å². The summed E-state index contributed by atoms with van der Waals surface area (Å²) >= 11 is 1.18. The molecule has 1 saturated heterocycles. The molecule has 124 valence electrons. The summed E-state index contributed by atoms with van der Waals surface area (Å²) in [4.78, 5) is 15.5. The maximum Gasteiger partial charge on any atom is 0.268 e. The Balaban J connectivity index is 1.97. The summed E-state index contributed by atoms with van der Waals surface area (Å²) in [6, 6.07) is -0.00189. The van der Waals surface area contributed by atoms with Gasteiger partial charge in [0.05, 0.1) is 30.1 Å². The average Bonchev–Trinajstić information content (AvgIpc) is 3.23. The Hall–Kier alpha value is -1.96. The molecule has 1 aliphatic rings. The summed E-state index contributed by atoms with van der Waals surface area (Å²) < 4.78 is 11.2. The quantitative estimate of drug-likeness (QED) is 0.856. The topological polar surface area (TPSA) is 73.1 Å². The van der Waals surface area contributed by atoms with E-state index in [0.29, 0.717) is 11.3 Å². The number of amides is 1. The first-order chi connectivity index (χ1) is 11.1. The van der Waals surface area contributed by atoms with Crippen LogP contribution in [0.15, 0.2) is 0 Å². The van der Waals surface area contributed by atoms with Gasteiger partial charge >= 0.3 is 0 Å². The second-order valence-corrected chi connectivity index (χ2v) is 6.44. The van der Waals surface area contributed by atoms with E-state index < -0.39 is 0 Å². The number of aryl methyl sites for hydroxylation is 3. The van der Waals surface area contributed by atoms with Gasteiger partial charge in [0.2, 0.25) is 5.88 Å². The molecule has 2 aromatic rings. The van der Waals surface area contributed by atoms with Crippen molar-refractivity contribution in [2.45, 2.75) is 39.2 Å². The van der Waals surface area contributed by atoms with Crippen LogP contribution >= 0.6 is 11.5 Å². The first-order valence-corrected chi connectivity index (χ1v) is 8.55. The first-order valence-electron chi connectivity index (χ1n) is 7.78. The average molecular weight is 335 g/mol. The lowest BCUT2D eigenvalue weighted by molar-refractivity contribution is 0.0737. The monoisotopic (exact) mass is 335 g/mol. The third-order valence-electron chi connectivity index (χ3n) is 4.34. The van der Waals surface area contributed by atoms with Gasteiger partial charge in [0.25, 0.3) is 5.91 Å². The van der Waals surface area contributed by atoms with Crippen LogP contribution in [0.1, 0.15) is 52.4 Å². The molecule has 0 bridgehead atoms. The van der Waals surface area contributed by atoms with Gasteiger partial charge in [-0.2, -0.15) is 5.10 Å². The third-order valence-corrected chi connectivity index (χ3v) is 5.10. The minimum atomic E-state index is -0.00189. The molecule has 2 aromatic heterocycles. The van der Waals surface area contributed by atoms with Gasteiger partial charge in [-0.15, -0.1) is 5.10 Å². The van der Waals surface area contributed by atoms with Crippen LogP contribution in [0.2, 0.25) is 0 Å². The molecular weight excluding hydrogens is 314 g/mol. The zero-order valence-electron chi connectivity index (χ0n) is 13.9. The Labute approximate surface area is 139 Å². The molecule has 1 amide bonds. The van der Waals surface area contributed by atoms with E-state index in [1.54, 1.807) is 11.8 Å². The van der Waals surface area contributed by atoms with E-state index in [1.165, 1.54) is 11.5 Å². The van der Waals surface area contributed by atoms with Crippen molar-refractivity contribution in [3.63, 3.8) is 0 Å². The smallest absolute Gasteiger partial charge is 0.268 e. The molecule has 8 heteroatoms. The molecule has 1 fully saturated rings. The lowest BCUT2D eigenvalue weighted by Crippen LogP contribution is -2.31. The number of carbonyl (C=O) groups excluding carboxylic acids is 1. The largest absolute Gasteiger partial charge is 0.481 e. The van der Waals surface area contributed by atoms with E-state index in [9.17, 15) is 4.79 Å². The Morgan fingerprint density at radius 3 is 2.96 bits per heavy atom. The molecule has 3 rings (SSSR count). The van der Waals surface area contributed by atoms with Crippen molar-refractivity contribution in [3.8, 4) is 5.88 Å². The van der Waals surface area contributed by atoms with E-state index in [0.717, 1.165) is 42.2 Å². The van der Waals surface area contributed by atoms with Crippen LogP contribution < -0.4 is 4.74 Å². The summed E-state index contributed by atoms with van der Waals surface area (Å²) in [5.74, 6) is 0.745. The van der Waals surface area contributed by atoms with E-state index >= 15 is 0 Å². The third kappa shape index (κ3) is 2.60. The second kappa shape index (κ2) is 6.27. The minimum absolute atomic E-state index is 0.00189. The Bertz CT molecular complexity index is 724. The number of rotatable bonds is 4. The molecule has 0 N–H and O–H groups in total. The SMILES string of the molecule is CCc1nnsc1C(=O)N1CCC[C@@H]1c1c(C)nn(C)c1OC. The van der Waals surface area contributed by atoms with Crippen molar-refractivity contribution in [2.75, 3.05) is 13.7 Å². The molecule has 1 atom stereocenters. The fourth-order valence-electron chi connectivity index (χ4n) is 3.32. The standard InChI is InChI=1S/C15H21N5O2S/c1-5-10-13(23-18-16-10)14(21)20-8-6-7-11(20)12-9(2)17-19(3)15(12)22-4/h11H,5-8H2,1-4H3/t11-/m1/s1. The van der Waals surface area contributed by atoms with Gasteiger partial charge in [-0.1, -0.05) is 11.4 Å². The van der Waals surface area contributed by atoms with Gasteiger partial charge in [-0.05, 0) is 37.7 Å². The number of carbonyl (C=O) groups is 1. The number of likely N-dealkylation sites (tertiary alicyclic amines) is 1. The Kier molecular flexibility index (Phi) is 4.34. The highest BCUT2D eigenvalue weighted by Gasteiger charge is 2.36. The summed E-state index contributed by atoms with van der Waals surface area (Å²) in [7, 11) is 3.50. The van der Waals surface area contributed by atoms with Crippen LogP contribution in [0.5, 0.6) is 5.88 Å². The fourth-order valence-corrected chi connectivity index (χ4v) is 4.03. The summed E-state index contributed by atoms with van der Waals surface area (Å²) in [6.45, 7) is 4.69. The van der Waals surface area contributed by atoms with Gasteiger partial charge in [-0.25, -0.2) is 4.68 Å². The Morgan fingerprint density at radius 2 is 2.26 bits per heavy atom. The highest BCUT2D eigenvalue weighted by Crippen LogP contribution is 2.39. The van der Waals surface area contributed by atoms with Crippen molar-refractivity contribution in [2.24, 2.45) is 7.05 Å². The van der Waals surface area contributed by atoms with Crippen molar-refractivity contribution < 1.29 is 9.53 Å². The van der Waals surface area contributed by atoms with E-state index in [1.807, 2.05) is 25.8 Å². The summed E-state index contributed by atoms with van der Waals surface area (Å²) in [5.41, 5.74) is 2.70. The lowest BCUT2D eigenvalue weighted by Gasteiger charge is -2.24. The predicted molar refractivity (Wildman–Crippen MR) is 86.8 cm³/mol. The summed E-state index contributed by atoms with van der Waals surface area (Å²) in [6.07, 6.45) is 2.61. The van der Waals surface area contributed by atoms with E-state index in [2.05, 4.69) is 14.7 Å². The highest BCUT2D eigenvalue weighted by atomic mass is 32.1. The molecular formula is C15H21N5O2S. The molecule has 23 heavy (non-hydrogen) atoms. The minimum Gasteiger partial charge on any atom is -0.481 e. The molecule has 0 saturated carbocycles. The number of aromatic nitrogens is 4. The van der Waals surface area contributed by atoms with Crippen LogP contribution in [-0.4, -0.2) is 43.8 Å². The normalized spacial score (nSPS) is 17.7. The predicted octanol–water partition coefficient (Wildman–Crippen LogP) is 2.13. The van der Waals surface area contributed by atoms with Gasteiger partial charge < -0.3 is 9.64 Å². The zero-order chi connectivity index (χ0) is 16.6. The van der Waals surface area contributed by atoms with Crippen molar-refractivity contribution in [1.29, 1.82) is 0 Å². The van der Waals surface area contributed by atoms with Crippen LogP contribution in [0, 0.1) is 6.92 Å². The lowest BCUT2D eigenvalue weighted by atomic mass is 10.0. The van der Waals surface area contributed by atoms with E-state index in [4.69, 9.17) is 4.74 Å². The van der Waals surface area contributed by atoms with Crippen molar-refractivity contribution >= 4 is 17.4 Å². The van der Waals surface area contributed by atoms with Crippen LogP contribution in [-0.2, 0) is 13.5 Å². The molecule has 0 aliphatic carbocycles. The van der Waals surface area contributed by atoms with Gasteiger partial charge in [0.1, 0.15) is 4.88 Å². The maximum absolute atomic E-state index is 13.0. The zero-order valence-corrected chi connectivity index (χ0v) is 14.7. The molecule has 0 unspecified atom stereocenters. The van der Waals surface area contributed by atoms with Crippen LogP contribution in [0.4, 0.5) is 0 Å².